The highest BCUT2D eigenvalue weighted by atomic mass is 32.2. The molecule has 0 aromatic rings. The van der Waals surface area contributed by atoms with Gasteiger partial charge in [0.2, 0.25) is 0 Å². The lowest BCUT2D eigenvalue weighted by molar-refractivity contribution is 0.234. The Balaban J connectivity index is 1.85. The van der Waals surface area contributed by atoms with Crippen molar-refractivity contribution < 1.29 is 0 Å². The lowest BCUT2D eigenvalue weighted by Gasteiger charge is -2.34. The maximum absolute atomic E-state index is 2.58. The first-order valence-corrected chi connectivity index (χ1v) is 4.97. The van der Waals surface area contributed by atoms with Crippen molar-refractivity contribution in [1.82, 2.24) is 4.90 Å². The van der Waals surface area contributed by atoms with Gasteiger partial charge in [0.1, 0.15) is 0 Å². The van der Waals surface area contributed by atoms with Gasteiger partial charge in [-0.3, -0.25) is 4.90 Å². The number of thioether (sulfide) groups is 1. The molecule has 0 radical (unpaired) electrons. The number of likely N-dealkylation sites (tertiary alicyclic amines) is 1. The van der Waals surface area contributed by atoms with Gasteiger partial charge in [-0.05, 0) is 31.3 Å². The monoisotopic (exact) mass is 155 g/mol. The average Bonchev–Trinajstić information content (AvgIpc) is 1.86. The molecule has 10 heavy (non-hydrogen) atoms. The second kappa shape index (κ2) is 2.97. The van der Waals surface area contributed by atoms with Crippen LogP contribution in [0.15, 0.2) is 11.5 Å². The molecular formula is C8H13NS. The highest BCUT2D eigenvalue weighted by Crippen LogP contribution is 2.29. The van der Waals surface area contributed by atoms with Crippen LogP contribution in [0.2, 0.25) is 0 Å². The van der Waals surface area contributed by atoms with Gasteiger partial charge < -0.3 is 0 Å². The van der Waals surface area contributed by atoms with E-state index >= 15 is 0 Å². The molecule has 1 fully saturated rings. The van der Waals surface area contributed by atoms with Gasteiger partial charge in [-0.15, -0.1) is 11.8 Å². The van der Waals surface area contributed by atoms with E-state index in [0.29, 0.717) is 0 Å². The Labute approximate surface area is 66.5 Å². The minimum Gasteiger partial charge on any atom is -0.288 e. The minimum atomic E-state index is 0.736. The second-order valence-corrected chi connectivity index (χ2v) is 3.98. The molecule has 1 atom stereocenters. The number of piperidine rings is 1. The van der Waals surface area contributed by atoms with E-state index in [4.69, 9.17) is 0 Å². The number of rotatable bonds is 1. The zero-order chi connectivity index (χ0) is 6.81. The largest absolute Gasteiger partial charge is 0.288 e. The van der Waals surface area contributed by atoms with Gasteiger partial charge >= 0.3 is 0 Å². The predicted molar refractivity (Wildman–Crippen MR) is 45.9 cm³/mol. The fourth-order valence-electron chi connectivity index (χ4n) is 1.53. The Bertz CT molecular complexity index is 138. The maximum Gasteiger partial charge on any atom is 0.0792 e. The first-order chi connectivity index (χ1) is 4.97. The van der Waals surface area contributed by atoms with Crippen LogP contribution in [-0.2, 0) is 0 Å². The minimum absolute atomic E-state index is 0.736. The molecule has 0 amide bonds. The summed E-state index contributed by atoms with van der Waals surface area (Å²) in [7, 11) is 0. The molecule has 0 aliphatic carbocycles. The molecule has 56 valence electrons. The summed E-state index contributed by atoms with van der Waals surface area (Å²) >= 11 is 1.96. The first-order valence-electron chi connectivity index (χ1n) is 4.03. The van der Waals surface area contributed by atoms with Crippen LogP contribution in [-0.4, -0.2) is 23.4 Å². The molecule has 0 N–H and O–H groups in total. The fourth-order valence-corrected chi connectivity index (χ4v) is 2.21. The SMILES string of the molecule is C1=CC(N2CCCCC2)S1. The summed E-state index contributed by atoms with van der Waals surface area (Å²) in [6, 6.07) is 0. The van der Waals surface area contributed by atoms with Crippen LogP contribution in [0.25, 0.3) is 0 Å². The van der Waals surface area contributed by atoms with E-state index in [0.717, 1.165) is 5.37 Å². The van der Waals surface area contributed by atoms with Crippen molar-refractivity contribution in [2.75, 3.05) is 13.1 Å². The summed E-state index contributed by atoms with van der Waals surface area (Å²) in [6.07, 6.45) is 6.56. The molecule has 0 spiro atoms. The molecular weight excluding hydrogens is 142 g/mol. The van der Waals surface area contributed by atoms with Crippen molar-refractivity contribution in [3.05, 3.63) is 11.5 Å². The standard InChI is InChI=1S/C8H13NS/c1-2-5-9(6-3-1)8-4-7-10-8/h4,7-8H,1-3,5-6H2. The fraction of sp³-hybridized carbons (Fsp3) is 0.750. The van der Waals surface area contributed by atoms with E-state index in [1.807, 2.05) is 11.8 Å². The van der Waals surface area contributed by atoms with Crippen LogP contribution in [0.4, 0.5) is 0 Å². The van der Waals surface area contributed by atoms with Crippen molar-refractivity contribution in [2.24, 2.45) is 0 Å². The normalized spacial score (nSPS) is 33.8. The topological polar surface area (TPSA) is 3.24 Å². The summed E-state index contributed by atoms with van der Waals surface area (Å²) < 4.78 is 0. The quantitative estimate of drug-likeness (QED) is 0.570. The van der Waals surface area contributed by atoms with E-state index in [2.05, 4.69) is 16.4 Å². The molecule has 0 aromatic heterocycles. The highest BCUT2D eigenvalue weighted by Gasteiger charge is 2.21. The summed E-state index contributed by atoms with van der Waals surface area (Å²) in [5.41, 5.74) is 0. The molecule has 0 saturated carbocycles. The van der Waals surface area contributed by atoms with E-state index in [1.165, 1.54) is 32.4 Å². The van der Waals surface area contributed by atoms with Crippen LogP contribution in [0.3, 0.4) is 0 Å². The van der Waals surface area contributed by atoms with Crippen molar-refractivity contribution in [3.8, 4) is 0 Å². The van der Waals surface area contributed by atoms with E-state index in [-0.39, 0.29) is 0 Å². The van der Waals surface area contributed by atoms with E-state index in [9.17, 15) is 0 Å². The third kappa shape index (κ3) is 1.23. The van der Waals surface area contributed by atoms with Gasteiger partial charge in [0.05, 0.1) is 5.37 Å². The Morgan fingerprint density at radius 3 is 2.40 bits per heavy atom. The van der Waals surface area contributed by atoms with Gasteiger partial charge in [0.25, 0.3) is 0 Å². The van der Waals surface area contributed by atoms with Gasteiger partial charge in [-0.1, -0.05) is 12.5 Å². The summed E-state index contributed by atoms with van der Waals surface area (Å²) in [5.74, 6) is 0. The molecule has 2 rings (SSSR count). The van der Waals surface area contributed by atoms with Gasteiger partial charge in [0, 0.05) is 0 Å². The van der Waals surface area contributed by atoms with Crippen LogP contribution < -0.4 is 0 Å². The summed E-state index contributed by atoms with van der Waals surface area (Å²) in [5, 5.41) is 2.93. The molecule has 1 unspecified atom stereocenters. The van der Waals surface area contributed by atoms with Crippen molar-refractivity contribution in [2.45, 2.75) is 24.6 Å². The zero-order valence-corrected chi connectivity index (χ0v) is 6.94. The van der Waals surface area contributed by atoms with Crippen LogP contribution >= 0.6 is 11.8 Å². The maximum atomic E-state index is 2.58. The molecule has 0 bridgehead atoms. The number of hydrogen-bond acceptors (Lipinski definition) is 2. The smallest absolute Gasteiger partial charge is 0.0792 e. The Hall–Kier alpha value is 0.0500. The van der Waals surface area contributed by atoms with E-state index in [1.54, 1.807) is 0 Å². The lowest BCUT2D eigenvalue weighted by Crippen LogP contribution is -2.37. The van der Waals surface area contributed by atoms with Gasteiger partial charge in [-0.2, -0.15) is 0 Å². The molecule has 1 nitrogen and oxygen atoms in total. The Morgan fingerprint density at radius 1 is 1.20 bits per heavy atom. The summed E-state index contributed by atoms with van der Waals surface area (Å²) in [6.45, 7) is 2.64. The third-order valence-corrected chi connectivity index (χ3v) is 3.26. The Kier molecular flexibility index (Phi) is 2.00. The first kappa shape index (κ1) is 6.74. The third-order valence-electron chi connectivity index (χ3n) is 2.21. The van der Waals surface area contributed by atoms with Crippen molar-refractivity contribution >= 4 is 11.8 Å². The van der Waals surface area contributed by atoms with Crippen LogP contribution in [0.1, 0.15) is 19.3 Å². The van der Waals surface area contributed by atoms with Crippen molar-refractivity contribution in [3.63, 3.8) is 0 Å². The predicted octanol–water partition coefficient (Wildman–Crippen LogP) is 2.06. The Morgan fingerprint density at radius 2 is 1.90 bits per heavy atom. The lowest BCUT2D eigenvalue weighted by atomic mass is 10.1. The zero-order valence-electron chi connectivity index (χ0n) is 6.12. The number of nitrogens with zero attached hydrogens (tertiary/aromatic N) is 1. The van der Waals surface area contributed by atoms with Crippen molar-refractivity contribution in [1.29, 1.82) is 0 Å². The molecule has 2 heterocycles. The van der Waals surface area contributed by atoms with Crippen LogP contribution in [0, 0.1) is 0 Å². The van der Waals surface area contributed by atoms with Crippen LogP contribution in [0.5, 0.6) is 0 Å². The highest BCUT2D eigenvalue weighted by molar-refractivity contribution is 8.04. The average molecular weight is 155 g/mol. The second-order valence-electron chi connectivity index (χ2n) is 2.95. The van der Waals surface area contributed by atoms with Gasteiger partial charge in [0.15, 0.2) is 0 Å². The molecule has 2 aliphatic heterocycles. The molecule has 2 heteroatoms. The van der Waals surface area contributed by atoms with E-state index < -0.39 is 0 Å². The molecule has 1 saturated heterocycles. The van der Waals surface area contributed by atoms with Gasteiger partial charge in [-0.25, -0.2) is 0 Å². The molecule has 0 aromatic carbocycles. The number of hydrogen-bond donors (Lipinski definition) is 0. The molecule has 2 aliphatic rings. The summed E-state index contributed by atoms with van der Waals surface area (Å²) in [4.78, 5) is 2.58.